The van der Waals surface area contributed by atoms with Crippen LogP contribution in [0.5, 0.6) is 0 Å². The number of hydrogen-bond donors (Lipinski definition) is 0. The first-order chi connectivity index (χ1) is 11.6. The minimum atomic E-state index is -2.34. The quantitative estimate of drug-likeness (QED) is 0.631. The Morgan fingerprint density at radius 3 is 2.17 bits per heavy atom. The van der Waals surface area contributed by atoms with E-state index in [2.05, 4.69) is 0 Å². The van der Waals surface area contributed by atoms with E-state index in [1.54, 1.807) is 30.3 Å². The molecule has 0 aromatic heterocycles. The van der Waals surface area contributed by atoms with Gasteiger partial charge in [0.05, 0.1) is 11.1 Å². The molecule has 1 unspecified atom stereocenters. The number of hydrogen-bond acceptors (Lipinski definition) is 6. The molecule has 0 aliphatic heterocycles. The lowest BCUT2D eigenvalue weighted by Gasteiger charge is -2.23. The van der Waals surface area contributed by atoms with Crippen molar-refractivity contribution in [1.29, 1.82) is 21.0 Å². The fourth-order valence-electron chi connectivity index (χ4n) is 2.28. The molecule has 1 atom stereocenters. The Bertz CT molecular complexity index is 956. The molecule has 0 fully saturated rings. The van der Waals surface area contributed by atoms with E-state index in [9.17, 15) is 15.3 Å². The molecule has 112 valence electrons. The lowest BCUT2D eigenvalue weighted by molar-refractivity contribution is 0.0523. The summed E-state index contributed by atoms with van der Waals surface area (Å²) in [4.78, 5) is 12.9. The summed E-state index contributed by atoms with van der Waals surface area (Å²) in [5.74, 6) is -0.793. The highest BCUT2D eigenvalue weighted by Gasteiger charge is 2.46. The number of rotatable bonds is 4. The molecular formula is C18H8N4O2. The Labute approximate surface area is 138 Å². The summed E-state index contributed by atoms with van der Waals surface area (Å²) < 4.78 is 4.86. The lowest BCUT2D eigenvalue weighted by atomic mass is 9.83. The highest BCUT2D eigenvalue weighted by Crippen LogP contribution is 2.33. The molecule has 0 saturated carbocycles. The van der Waals surface area contributed by atoms with Crippen LogP contribution >= 0.6 is 0 Å². The Morgan fingerprint density at radius 1 is 0.917 bits per heavy atom. The fraction of sp³-hybridized carbons (Fsp3) is 0.0556. The second kappa shape index (κ2) is 6.75. The van der Waals surface area contributed by atoms with Crippen molar-refractivity contribution < 1.29 is 9.53 Å². The van der Waals surface area contributed by atoms with Gasteiger partial charge in [0.1, 0.15) is 18.2 Å². The smallest absolute Gasteiger partial charge is 0.296 e. The normalized spacial score (nSPS) is 11.7. The molecule has 0 N–H and O–H groups in total. The molecule has 2 rings (SSSR count). The maximum Gasteiger partial charge on any atom is 0.296 e. The molecule has 2 aromatic rings. The predicted octanol–water partition coefficient (Wildman–Crippen LogP) is 2.53. The van der Waals surface area contributed by atoms with Crippen LogP contribution in [0.1, 0.15) is 27.0 Å². The molecule has 0 spiro atoms. The third-order valence-electron chi connectivity index (χ3n) is 3.39. The lowest BCUT2D eigenvalue weighted by Crippen LogP contribution is -2.37. The van der Waals surface area contributed by atoms with Crippen molar-refractivity contribution in [3.63, 3.8) is 0 Å². The largest absolute Gasteiger partial charge is 0.392 e. The van der Waals surface area contributed by atoms with E-state index in [1.807, 2.05) is 6.07 Å². The number of nitriles is 4. The van der Waals surface area contributed by atoms with Gasteiger partial charge in [-0.2, -0.15) is 21.0 Å². The van der Waals surface area contributed by atoms with Gasteiger partial charge in [-0.3, -0.25) is 4.79 Å². The summed E-state index contributed by atoms with van der Waals surface area (Å²) in [5, 5.41) is 37.1. The van der Waals surface area contributed by atoms with E-state index >= 15 is 0 Å². The van der Waals surface area contributed by atoms with E-state index in [0.29, 0.717) is 0 Å². The number of benzene rings is 2. The molecule has 24 heavy (non-hydrogen) atoms. The molecule has 2 aromatic carbocycles. The van der Waals surface area contributed by atoms with Gasteiger partial charge in [-0.05, 0) is 6.07 Å². The van der Waals surface area contributed by atoms with Crippen LogP contribution in [-0.4, -0.2) is 5.78 Å². The van der Waals surface area contributed by atoms with Crippen molar-refractivity contribution in [2.24, 2.45) is 0 Å². The number of nitrogens with zero attached hydrogens (tertiary/aromatic N) is 4. The first kappa shape index (κ1) is 16.2. The Hall–Kier alpha value is -4.13. The van der Waals surface area contributed by atoms with E-state index in [1.165, 1.54) is 36.6 Å². The van der Waals surface area contributed by atoms with Crippen molar-refractivity contribution in [1.82, 2.24) is 0 Å². The van der Waals surface area contributed by atoms with Crippen molar-refractivity contribution >= 4 is 5.78 Å². The van der Waals surface area contributed by atoms with Crippen molar-refractivity contribution in [2.75, 3.05) is 0 Å². The van der Waals surface area contributed by atoms with Crippen LogP contribution < -0.4 is 0 Å². The average Bonchev–Trinajstić information content (AvgIpc) is 2.65. The summed E-state index contributed by atoms with van der Waals surface area (Å²) in [6, 6.07) is 17.3. The van der Waals surface area contributed by atoms with Gasteiger partial charge in [0, 0.05) is 11.1 Å². The second-order valence-electron chi connectivity index (χ2n) is 4.63. The minimum Gasteiger partial charge on any atom is -0.392 e. The third-order valence-corrected chi connectivity index (χ3v) is 3.39. The SMILES string of the molecule is N#COC(C#N)(C(=O)c1ccccc1)c1cccc(C#N)c1C#N. The first-order valence-corrected chi connectivity index (χ1v) is 6.66. The van der Waals surface area contributed by atoms with Crippen LogP contribution in [-0.2, 0) is 10.3 Å². The number of ether oxygens (including phenoxy) is 1. The van der Waals surface area contributed by atoms with E-state index in [0.717, 1.165) is 0 Å². The van der Waals surface area contributed by atoms with Crippen LogP contribution in [0.2, 0.25) is 0 Å². The number of carbonyl (C=O) groups is 1. The monoisotopic (exact) mass is 312 g/mol. The van der Waals surface area contributed by atoms with Gasteiger partial charge in [0.2, 0.25) is 5.78 Å². The fourth-order valence-corrected chi connectivity index (χ4v) is 2.28. The Morgan fingerprint density at radius 2 is 1.62 bits per heavy atom. The standard InChI is InChI=1S/C18H8N4O2/c19-9-14-7-4-8-16(15(14)10-20)18(11-21,24-12-22)17(23)13-5-2-1-3-6-13/h1-8H. The predicted molar refractivity (Wildman–Crippen MR) is 80.6 cm³/mol. The molecule has 0 heterocycles. The summed E-state index contributed by atoms with van der Waals surface area (Å²) in [5.41, 5.74) is -2.53. The van der Waals surface area contributed by atoms with E-state index < -0.39 is 11.4 Å². The Kier molecular flexibility index (Phi) is 4.57. The summed E-state index contributed by atoms with van der Waals surface area (Å²) >= 11 is 0. The maximum absolute atomic E-state index is 12.9. The van der Waals surface area contributed by atoms with Crippen LogP contribution in [0.3, 0.4) is 0 Å². The summed E-state index contributed by atoms with van der Waals surface area (Å²) in [6.45, 7) is 0. The van der Waals surface area contributed by atoms with E-state index in [-0.39, 0.29) is 22.3 Å². The molecule has 0 bridgehead atoms. The van der Waals surface area contributed by atoms with Gasteiger partial charge < -0.3 is 4.74 Å². The minimum absolute atomic E-state index is 0.0166. The van der Waals surface area contributed by atoms with Gasteiger partial charge in [-0.25, -0.2) is 0 Å². The van der Waals surface area contributed by atoms with Gasteiger partial charge in [-0.1, -0.05) is 42.5 Å². The first-order valence-electron chi connectivity index (χ1n) is 6.66. The Balaban J connectivity index is 2.79. The molecule has 0 aliphatic rings. The van der Waals surface area contributed by atoms with Gasteiger partial charge in [-0.15, -0.1) is 0 Å². The topological polar surface area (TPSA) is 121 Å². The van der Waals surface area contributed by atoms with Gasteiger partial charge in [0.15, 0.2) is 0 Å². The van der Waals surface area contributed by atoms with E-state index in [4.69, 9.17) is 15.3 Å². The number of Topliss-reactive ketones (excluding diaryl/α,β-unsaturated/α-hetero) is 1. The number of ketones is 1. The van der Waals surface area contributed by atoms with Crippen LogP contribution in [0.4, 0.5) is 0 Å². The summed E-state index contributed by atoms with van der Waals surface area (Å²) in [7, 11) is 0. The molecule has 6 heteroatoms. The van der Waals surface area contributed by atoms with Crippen molar-refractivity contribution in [2.45, 2.75) is 5.60 Å². The molecular weight excluding hydrogens is 304 g/mol. The molecule has 0 saturated heterocycles. The van der Waals surface area contributed by atoms with Crippen molar-refractivity contribution in [3.8, 4) is 24.5 Å². The molecule has 0 amide bonds. The molecule has 6 nitrogen and oxygen atoms in total. The maximum atomic E-state index is 12.9. The van der Waals surface area contributed by atoms with Gasteiger partial charge >= 0.3 is 0 Å². The molecule has 0 aliphatic carbocycles. The second-order valence-corrected chi connectivity index (χ2v) is 4.63. The molecule has 0 radical (unpaired) electrons. The zero-order valence-electron chi connectivity index (χ0n) is 12.2. The van der Waals surface area contributed by atoms with Crippen LogP contribution in [0.15, 0.2) is 48.5 Å². The highest BCUT2D eigenvalue weighted by atomic mass is 16.5. The van der Waals surface area contributed by atoms with Gasteiger partial charge in [0.25, 0.3) is 11.9 Å². The number of carbonyl (C=O) groups excluding carboxylic acids is 1. The zero-order chi connectivity index (χ0) is 17.6. The van der Waals surface area contributed by atoms with Crippen LogP contribution in [0.25, 0.3) is 0 Å². The zero-order valence-corrected chi connectivity index (χ0v) is 12.2. The average molecular weight is 312 g/mol. The summed E-state index contributed by atoms with van der Waals surface area (Å²) in [6.07, 6.45) is 1.36. The highest BCUT2D eigenvalue weighted by molar-refractivity contribution is 6.05. The third kappa shape index (κ3) is 2.53. The van der Waals surface area contributed by atoms with Crippen LogP contribution in [0, 0.1) is 45.5 Å². The van der Waals surface area contributed by atoms with Crippen molar-refractivity contribution in [3.05, 3.63) is 70.8 Å².